The van der Waals surface area contributed by atoms with Gasteiger partial charge in [0, 0.05) is 11.6 Å². The van der Waals surface area contributed by atoms with Crippen LogP contribution in [0.3, 0.4) is 0 Å². The van der Waals surface area contributed by atoms with Crippen LogP contribution in [-0.4, -0.2) is 18.6 Å². The van der Waals surface area contributed by atoms with E-state index in [1.54, 1.807) is 30.5 Å². The van der Waals surface area contributed by atoms with Crippen LogP contribution in [0.4, 0.5) is 0 Å². The molecular formula is C11H10N2O3S. The zero-order chi connectivity index (χ0) is 12.3. The van der Waals surface area contributed by atoms with Crippen LogP contribution in [0.5, 0.6) is 0 Å². The lowest BCUT2D eigenvalue weighted by atomic mass is 10.1. The Bertz CT molecular complexity index is 636. The zero-order valence-electron chi connectivity index (χ0n) is 8.79. The Balaban J connectivity index is 2.32. The number of nitrogens with one attached hydrogen (secondary N) is 1. The molecule has 1 heterocycles. The summed E-state index contributed by atoms with van der Waals surface area (Å²) in [5.74, 6) is 0.0310. The van der Waals surface area contributed by atoms with E-state index in [0.717, 1.165) is 11.1 Å². The first-order valence-electron chi connectivity index (χ1n) is 4.91. The fourth-order valence-electron chi connectivity index (χ4n) is 1.49. The second-order valence-corrected chi connectivity index (χ2v) is 4.50. The van der Waals surface area contributed by atoms with Crippen molar-refractivity contribution in [1.82, 2.24) is 10.2 Å². The molecule has 17 heavy (non-hydrogen) atoms. The highest BCUT2D eigenvalue weighted by molar-refractivity contribution is 7.71. The molecule has 1 N–H and O–H groups in total. The van der Waals surface area contributed by atoms with E-state index in [1.807, 2.05) is 0 Å². The molecule has 0 fully saturated rings. The first-order valence-corrected chi connectivity index (χ1v) is 6.27. The van der Waals surface area contributed by atoms with Gasteiger partial charge in [-0.25, -0.2) is 13.5 Å². The second kappa shape index (κ2) is 4.92. The highest BCUT2D eigenvalue weighted by Gasteiger charge is 2.00. The number of hydrogen-bond donors (Lipinski definition) is 2. The predicted octanol–water partition coefficient (Wildman–Crippen LogP) is 0.548. The Morgan fingerprint density at radius 1 is 1.12 bits per heavy atom. The van der Waals surface area contributed by atoms with Gasteiger partial charge in [-0.1, -0.05) is 24.3 Å². The molecule has 0 atom stereocenters. The molecule has 1 aromatic carbocycles. The van der Waals surface area contributed by atoms with E-state index >= 15 is 0 Å². The van der Waals surface area contributed by atoms with Gasteiger partial charge in [-0.2, -0.15) is 5.10 Å². The van der Waals surface area contributed by atoms with Gasteiger partial charge in [-0.3, -0.25) is 4.79 Å². The number of aromatic amines is 1. The summed E-state index contributed by atoms with van der Waals surface area (Å²) in [6, 6.07) is 8.43. The van der Waals surface area contributed by atoms with Crippen molar-refractivity contribution in [1.29, 1.82) is 0 Å². The first kappa shape index (κ1) is 11.5. The van der Waals surface area contributed by atoms with Crippen molar-refractivity contribution in [3.05, 3.63) is 52.4 Å². The lowest BCUT2D eigenvalue weighted by Crippen LogP contribution is -2.05. The molecule has 0 radical (unpaired) electrons. The molecule has 0 spiro atoms. The van der Waals surface area contributed by atoms with Crippen molar-refractivity contribution in [2.45, 2.75) is 5.75 Å². The fourth-order valence-corrected chi connectivity index (χ4v) is 1.99. The molecule has 0 unspecified atom stereocenters. The quantitative estimate of drug-likeness (QED) is 0.779. The number of nitrogens with zero attached hydrogens (tertiary/aromatic N) is 1. The summed E-state index contributed by atoms with van der Waals surface area (Å²) >= 11 is 0. The Kier molecular flexibility index (Phi) is 3.34. The van der Waals surface area contributed by atoms with Crippen LogP contribution in [-0.2, 0) is 16.5 Å². The van der Waals surface area contributed by atoms with Crippen molar-refractivity contribution in [2.75, 3.05) is 0 Å². The molecule has 0 saturated carbocycles. The fraction of sp³-hybridized carbons (Fsp3) is 0.0909. The minimum Gasteiger partial charge on any atom is -0.268 e. The Hall–Kier alpha value is -1.95. The zero-order valence-corrected chi connectivity index (χ0v) is 9.68. The molecule has 0 aliphatic heterocycles. The first-order chi connectivity index (χ1) is 8.15. The third-order valence-electron chi connectivity index (χ3n) is 2.26. The number of benzene rings is 1. The van der Waals surface area contributed by atoms with Crippen LogP contribution in [0.1, 0.15) is 5.56 Å². The van der Waals surface area contributed by atoms with Crippen molar-refractivity contribution in [3.8, 4) is 11.1 Å². The summed E-state index contributed by atoms with van der Waals surface area (Å²) in [5, 5.41) is 5.99. The van der Waals surface area contributed by atoms with Crippen LogP contribution in [0.25, 0.3) is 11.1 Å². The highest BCUT2D eigenvalue weighted by atomic mass is 32.2. The van der Waals surface area contributed by atoms with Gasteiger partial charge in [0.15, 0.2) is 0 Å². The molecule has 1 aromatic heterocycles. The van der Waals surface area contributed by atoms with Crippen LogP contribution < -0.4 is 5.56 Å². The van der Waals surface area contributed by atoms with Crippen molar-refractivity contribution in [2.24, 2.45) is 0 Å². The smallest absolute Gasteiger partial charge is 0.264 e. The lowest BCUT2D eigenvalue weighted by molar-refractivity contribution is 0.614. The van der Waals surface area contributed by atoms with Crippen LogP contribution in [0.15, 0.2) is 41.3 Å². The molecular weight excluding hydrogens is 240 g/mol. The largest absolute Gasteiger partial charge is 0.268 e. The van der Waals surface area contributed by atoms with Crippen molar-refractivity contribution >= 4 is 10.7 Å². The average molecular weight is 250 g/mol. The highest BCUT2D eigenvalue weighted by Crippen LogP contribution is 2.17. The van der Waals surface area contributed by atoms with Gasteiger partial charge in [0.2, 0.25) is 0 Å². The van der Waals surface area contributed by atoms with Gasteiger partial charge in [0.25, 0.3) is 5.56 Å². The van der Waals surface area contributed by atoms with Gasteiger partial charge in [0.05, 0.1) is 11.9 Å². The van der Waals surface area contributed by atoms with Gasteiger partial charge in [0.1, 0.15) is 10.7 Å². The molecule has 2 rings (SSSR count). The van der Waals surface area contributed by atoms with E-state index in [-0.39, 0.29) is 11.3 Å². The van der Waals surface area contributed by atoms with Gasteiger partial charge >= 0.3 is 0 Å². The maximum Gasteiger partial charge on any atom is 0.264 e. The molecule has 5 nitrogen and oxygen atoms in total. The van der Waals surface area contributed by atoms with Crippen molar-refractivity contribution in [3.63, 3.8) is 0 Å². The summed E-state index contributed by atoms with van der Waals surface area (Å²) in [6.45, 7) is 0. The molecule has 0 bridgehead atoms. The van der Waals surface area contributed by atoms with Gasteiger partial charge < -0.3 is 0 Å². The van der Waals surface area contributed by atoms with E-state index in [1.165, 1.54) is 6.07 Å². The van der Waals surface area contributed by atoms with Crippen LogP contribution in [0.2, 0.25) is 0 Å². The molecule has 0 saturated heterocycles. The van der Waals surface area contributed by atoms with Crippen LogP contribution >= 0.6 is 0 Å². The molecule has 0 aliphatic rings. The molecule has 0 amide bonds. The summed E-state index contributed by atoms with van der Waals surface area (Å²) in [5.41, 5.74) is 1.98. The van der Waals surface area contributed by atoms with Crippen molar-refractivity contribution < 1.29 is 8.42 Å². The van der Waals surface area contributed by atoms with E-state index < -0.39 is 10.7 Å². The molecule has 6 heteroatoms. The lowest BCUT2D eigenvalue weighted by Gasteiger charge is -2.01. The van der Waals surface area contributed by atoms with Crippen LogP contribution in [0, 0.1) is 0 Å². The topological polar surface area (TPSA) is 79.9 Å². The third kappa shape index (κ3) is 3.01. The predicted molar refractivity (Wildman–Crippen MR) is 64.3 cm³/mol. The number of hydrogen-bond acceptors (Lipinski definition) is 4. The summed E-state index contributed by atoms with van der Waals surface area (Å²) < 4.78 is 21.1. The molecule has 88 valence electrons. The summed E-state index contributed by atoms with van der Waals surface area (Å²) in [7, 11) is -2.41. The molecule has 0 aliphatic carbocycles. The maximum atomic E-state index is 11.1. The number of rotatable bonds is 3. The Morgan fingerprint density at radius 3 is 2.41 bits per heavy atom. The van der Waals surface area contributed by atoms with E-state index in [9.17, 15) is 13.2 Å². The molecule has 2 aromatic rings. The number of aromatic nitrogens is 2. The average Bonchev–Trinajstić information content (AvgIpc) is 2.29. The standard InChI is InChI=1S/C11H10N2O3S/c14-11-5-10(6-12-13-11)9-3-1-8(2-4-9)7-17(15)16/h1-6,17H,7H2,(H,13,14). The number of thiol groups is 1. The normalized spacial score (nSPS) is 10.6. The summed E-state index contributed by atoms with van der Waals surface area (Å²) in [4.78, 5) is 11.1. The Labute approximate surface area is 99.1 Å². The minimum absolute atomic E-state index is 0.0310. The maximum absolute atomic E-state index is 11.1. The van der Waals surface area contributed by atoms with E-state index in [0.29, 0.717) is 5.56 Å². The summed E-state index contributed by atoms with van der Waals surface area (Å²) in [6.07, 6.45) is 1.55. The SMILES string of the molecule is O=c1cc(-c2ccc(C[SH](=O)=O)cc2)cn[nH]1. The second-order valence-electron chi connectivity index (χ2n) is 3.52. The minimum atomic E-state index is -2.41. The number of H-pyrrole nitrogens is 1. The van der Waals surface area contributed by atoms with E-state index in [2.05, 4.69) is 10.2 Å². The third-order valence-corrected chi connectivity index (χ3v) is 2.89. The Morgan fingerprint density at radius 2 is 1.82 bits per heavy atom. The van der Waals surface area contributed by atoms with Gasteiger partial charge in [-0.05, 0) is 11.1 Å². The van der Waals surface area contributed by atoms with Gasteiger partial charge in [-0.15, -0.1) is 0 Å². The van der Waals surface area contributed by atoms with E-state index in [4.69, 9.17) is 0 Å². The monoisotopic (exact) mass is 250 g/mol.